The summed E-state index contributed by atoms with van der Waals surface area (Å²) in [6, 6.07) is 14.5. The average molecular weight is 538 g/mol. The lowest BCUT2D eigenvalue weighted by Crippen LogP contribution is -2.44. The molecule has 4 rings (SSSR count). The molecule has 198 valence electrons. The van der Waals surface area contributed by atoms with Crippen LogP contribution in [0.3, 0.4) is 0 Å². The highest BCUT2D eigenvalue weighted by atomic mass is 32.1. The molecule has 1 aliphatic heterocycles. The summed E-state index contributed by atoms with van der Waals surface area (Å²) in [6.07, 6.45) is 3.12. The number of halogens is 1. The number of amides is 3. The predicted molar refractivity (Wildman–Crippen MR) is 146 cm³/mol. The van der Waals surface area contributed by atoms with Crippen LogP contribution in [0.1, 0.15) is 18.4 Å². The molecule has 10 nitrogen and oxygen atoms in total. The van der Waals surface area contributed by atoms with E-state index in [4.69, 9.17) is 17.0 Å². The third-order valence-corrected chi connectivity index (χ3v) is 6.01. The summed E-state index contributed by atoms with van der Waals surface area (Å²) in [5.74, 6) is -0.785. The average Bonchev–Trinajstić information content (AvgIpc) is 2.88. The fourth-order valence-corrected chi connectivity index (χ4v) is 4.07. The van der Waals surface area contributed by atoms with Gasteiger partial charge in [0.15, 0.2) is 16.7 Å². The van der Waals surface area contributed by atoms with Gasteiger partial charge in [-0.3, -0.25) is 10.1 Å². The Balaban J connectivity index is 1.28. The second kappa shape index (κ2) is 12.9. The van der Waals surface area contributed by atoms with Crippen LogP contribution in [0.4, 0.5) is 20.7 Å². The zero-order valence-corrected chi connectivity index (χ0v) is 21.6. The molecule has 0 saturated carbocycles. The van der Waals surface area contributed by atoms with E-state index in [0.29, 0.717) is 5.69 Å². The minimum atomic E-state index is -0.679. The van der Waals surface area contributed by atoms with Crippen molar-refractivity contribution in [3.05, 3.63) is 72.3 Å². The maximum absolute atomic E-state index is 14.7. The van der Waals surface area contributed by atoms with E-state index in [1.165, 1.54) is 24.5 Å². The molecule has 0 spiro atoms. The van der Waals surface area contributed by atoms with Gasteiger partial charge in [-0.05, 0) is 62.9 Å². The summed E-state index contributed by atoms with van der Waals surface area (Å²) in [6.45, 7) is 1.84. The van der Waals surface area contributed by atoms with Gasteiger partial charge in [-0.2, -0.15) is 0 Å². The van der Waals surface area contributed by atoms with E-state index in [0.717, 1.165) is 31.5 Å². The molecule has 2 heterocycles. The molecule has 0 bridgehead atoms. The monoisotopic (exact) mass is 537 g/mol. The number of hydrogen-bond acceptors (Lipinski definition) is 7. The van der Waals surface area contributed by atoms with Gasteiger partial charge in [0, 0.05) is 23.9 Å². The van der Waals surface area contributed by atoms with Crippen LogP contribution in [-0.4, -0.2) is 58.1 Å². The first-order valence-electron chi connectivity index (χ1n) is 12.0. The quantitative estimate of drug-likeness (QED) is 0.337. The second-order valence-electron chi connectivity index (χ2n) is 8.83. The summed E-state index contributed by atoms with van der Waals surface area (Å²) in [5.41, 5.74) is 1.18. The van der Waals surface area contributed by atoms with Crippen molar-refractivity contribution in [2.45, 2.75) is 25.3 Å². The molecule has 0 radical (unpaired) electrons. The molecule has 0 unspecified atom stereocenters. The van der Waals surface area contributed by atoms with Gasteiger partial charge in [-0.25, -0.2) is 19.2 Å². The van der Waals surface area contributed by atoms with Gasteiger partial charge >= 0.3 is 6.03 Å². The maximum atomic E-state index is 14.7. The highest BCUT2D eigenvalue weighted by molar-refractivity contribution is 7.80. The summed E-state index contributed by atoms with van der Waals surface area (Å²) in [7, 11) is 2.05. The van der Waals surface area contributed by atoms with E-state index in [9.17, 15) is 14.0 Å². The Morgan fingerprint density at radius 2 is 1.84 bits per heavy atom. The normalized spacial score (nSPS) is 13.8. The maximum Gasteiger partial charge on any atom is 0.320 e. The van der Waals surface area contributed by atoms with Crippen LogP contribution < -0.4 is 26.0 Å². The zero-order valence-electron chi connectivity index (χ0n) is 20.7. The van der Waals surface area contributed by atoms with Crippen molar-refractivity contribution in [3.8, 4) is 11.6 Å². The lowest BCUT2D eigenvalue weighted by molar-refractivity contribution is -0.119. The Kier molecular flexibility index (Phi) is 9.11. The number of likely N-dealkylation sites (tertiary alicyclic amines) is 1. The van der Waals surface area contributed by atoms with Crippen LogP contribution >= 0.6 is 12.2 Å². The minimum absolute atomic E-state index is 0.0454. The first kappa shape index (κ1) is 26.9. The number of piperidine rings is 1. The van der Waals surface area contributed by atoms with Crippen molar-refractivity contribution in [1.82, 2.24) is 25.5 Å². The number of urea groups is 1. The SMILES string of the molecule is CN1CCC(NC(=O)Nc2cc(Oc3ccc(NC(=S)NC(=O)Cc4ccccc4)cc3F)ncn2)CC1. The van der Waals surface area contributed by atoms with Gasteiger partial charge in [0.2, 0.25) is 11.8 Å². The molecular formula is C26H28FN7O3S. The van der Waals surface area contributed by atoms with Crippen LogP contribution in [-0.2, 0) is 11.2 Å². The topological polar surface area (TPSA) is 121 Å². The molecule has 1 aromatic heterocycles. The van der Waals surface area contributed by atoms with E-state index in [1.807, 2.05) is 37.4 Å². The lowest BCUT2D eigenvalue weighted by atomic mass is 10.1. The molecule has 0 aliphatic carbocycles. The molecule has 3 amide bonds. The Morgan fingerprint density at radius 3 is 2.58 bits per heavy atom. The summed E-state index contributed by atoms with van der Waals surface area (Å²) < 4.78 is 20.3. The number of hydrogen-bond donors (Lipinski definition) is 4. The van der Waals surface area contributed by atoms with Crippen LogP contribution in [0.5, 0.6) is 11.6 Å². The smallest absolute Gasteiger partial charge is 0.320 e. The number of benzene rings is 2. The van der Waals surface area contributed by atoms with Crippen molar-refractivity contribution in [1.29, 1.82) is 0 Å². The molecule has 38 heavy (non-hydrogen) atoms. The van der Waals surface area contributed by atoms with Gasteiger partial charge < -0.3 is 25.6 Å². The zero-order chi connectivity index (χ0) is 26.9. The number of anilines is 2. The molecular weight excluding hydrogens is 509 g/mol. The minimum Gasteiger partial charge on any atom is -0.436 e. The molecule has 0 atom stereocenters. The van der Waals surface area contributed by atoms with Crippen molar-refractivity contribution < 1.29 is 18.7 Å². The molecule has 1 aliphatic rings. The third kappa shape index (κ3) is 8.18. The van der Waals surface area contributed by atoms with Crippen molar-refractivity contribution >= 4 is 40.8 Å². The number of rotatable bonds is 7. The largest absolute Gasteiger partial charge is 0.436 e. The van der Waals surface area contributed by atoms with Crippen LogP contribution in [0, 0.1) is 5.82 Å². The lowest BCUT2D eigenvalue weighted by Gasteiger charge is -2.29. The Morgan fingerprint density at radius 1 is 1.08 bits per heavy atom. The number of aromatic nitrogens is 2. The van der Waals surface area contributed by atoms with Crippen molar-refractivity contribution in [3.63, 3.8) is 0 Å². The number of nitrogens with zero attached hydrogens (tertiary/aromatic N) is 3. The Hall–Kier alpha value is -4.16. The highest BCUT2D eigenvalue weighted by Gasteiger charge is 2.19. The van der Waals surface area contributed by atoms with E-state index in [1.54, 1.807) is 6.07 Å². The highest BCUT2D eigenvalue weighted by Crippen LogP contribution is 2.26. The molecule has 1 fully saturated rings. The van der Waals surface area contributed by atoms with Crippen LogP contribution in [0.2, 0.25) is 0 Å². The van der Waals surface area contributed by atoms with Crippen molar-refractivity contribution in [2.75, 3.05) is 30.8 Å². The van der Waals surface area contributed by atoms with E-state index in [2.05, 4.69) is 36.1 Å². The number of thiocarbonyl (C=S) groups is 1. The molecule has 2 aromatic carbocycles. The molecule has 3 aromatic rings. The summed E-state index contributed by atoms with van der Waals surface area (Å²) >= 11 is 5.16. The standard InChI is InChI=1S/C26H28FN7O3S/c1-34-11-9-18(10-12-34)30-25(36)32-22-15-24(29-16-28-22)37-21-8-7-19(14-20(21)27)31-26(38)33-23(35)13-17-5-3-2-4-6-17/h2-8,14-16,18H,9-13H2,1H3,(H2,31,33,35,38)(H2,28,29,30,32,36). The van der Waals surface area contributed by atoms with Gasteiger partial charge in [-0.15, -0.1) is 0 Å². The first-order valence-corrected chi connectivity index (χ1v) is 12.4. The van der Waals surface area contributed by atoms with Gasteiger partial charge in [0.1, 0.15) is 12.1 Å². The molecule has 12 heteroatoms. The first-order chi connectivity index (χ1) is 18.3. The number of carbonyl (C=O) groups is 2. The number of carbonyl (C=O) groups excluding carboxylic acids is 2. The van der Waals surface area contributed by atoms with Crippen molar-refractivity contribution in [2.24, 2.45) is 0 Å². The second-order valence-corrected chi connectivity index (χ2v) is 9.24. The fourth-order valence-electron chi connectivity index (χ4n) is 3.84. The summed E-state index contributed by atoms with van der Waals surface area (Å²) in [5, 5.41) is 11.0. The number of ether oxygens (including phenoxy) is 1. The fraction of sp³-hybridized carbons (Fsp3) is 0.269. The van der Waals surface area contributed by atoms with E-state index >= 15 is 0 Å². The summed E-state index contributed by atoms with van der Waals surface area (Å²) in [4.78, 5) is 34.7. The van der Waals surface area contributed by atoms with Gasteiger partial charge in [0.25, 0.3) is 0 Å². The van der Waals surface area contributed by atoms with Gasteiger partial charge in [0.05, 0.1) is 6.42 Å². The molecule has 4 N–H and O–H groups in total. The molecule has 1 saturated heterocycles. The van der Waals surface area contributed by atoms with Crippen LogP contribution in [0.15, 0.2) is 60.9 Å². The van der Waals surface area contributed by atoms with Gasteiger partial charge in [-0.1, -0.05) is 30.3 Å². The Labute approximate surface area is 225 Å². The van der Waals surface area contributed by atoms with Crippen LogP contribution in [0.25, 0.3) is 0 Å². The third-order valence-electron chi connectivity index (χ3n) is 5.80. The Bertz CT molecular complexity index is 1290. The predicted octanol–water partition coefficient (Wildman–Crippen LogP) is 3.68. The van der Waals surface area contributed by atoms with E-state index < -0.39 is 5.82 Å². The van der Waals surface area contributed by atoms with E-state index in [-0.39, 0.29) is 47.0 Å². The number of nitrogens with one attached hydrogen (secondary N) is 4.